The van der Waals surface area contributed by atoms with Crippen molar-refractivity contribution in [3.05, 3.63) is 16.0 Å². The fourth-order valence-electron chi connectivity index (χ4n) is 1.90. The van der Waals surface area contributed by atoms with E-state index in [2.05, 4.69) is 0 Å². The Morgan fingerprint density at radius 2 is 2.05 bits per heavy atom. The number of rotatable bonds is 2. The van der Waals surface area contributed by atoms with Crippen LogP contribution in [0.5, 0.6) is 0 Å². The predicted molar refractivity (Wildman–Crippen MR) is 63.9 cm³/mol. The van der Waals surface area contributed by atoms with E-state index in [4.69, 9.17) is 9.84 Å². The summed E-state index contributed by atoms with van der Waals surface area (Å²) in [7, 11) is 0. The first-order chi connectivity index (χ1) is 9.30. The summed E-state index contributed by atoms with van der Waals surface area (Å²) in [6, 6.07) is 0. The zero-order chi connectivity index (χ0) is 14.9. The van der Waals surface area contributed by atoms with E-state index in [1.165, 1.54) is 0 Å². The molecule has 0 atom stereocenters. The van der Waals surface area contributed by atoms with Gasteiger partial charge in [0.05, 0.1) is 12.2 Å². The third-order valence-electron chi connectivity index (χ3n) is 2.74. The van der Waals surface area contributed by atoms with Crippen LogP contribution >= 0.6 is 11.3 Å². The van der Waals surface area contributed by atoms with Gasteiger partial charge in [0, 0.05) is 11.5 Å². The quantitative estimate of drug-likeness (QED) is 0.879. The number of nitrogens with one attached hydrogen (secondary N) is 1. The Labute approximate surface area is 115 Å². The third kappa shape index (κ3) is 2.93. The third-order valence-corrected chi connectivity index (χ3v) is 3.86. The van der Waals surface area contributed by atoms with Crippen LogP contribution < -0.4 is 5.32 Å². The number of halogens is 3. The summed E-state index contributed by atoms with van der Waals surface area (Å²) in [6.07, 6.45) is -4.08. The van der Waals surface area contributed by atoms with E-state index in [9.17, 15) is 22.8 Å². The standard InChI is InChI=1S/C11H10F3NO4S/c12-11(13,14)10(18)15-8-7(9(16)17)5-2-1-3-19-4-6(5)20-8/h1-4H2,(H,15,18)(H,16,17). The molecule has 0 aliphatic carbocycles. The fraction of sp³-hybridized carbons (Fsp3) is 0.455. The molecule has 1 aromatic heterocycles. The first-order valence-corrected chi connectivity index (χ1v) is 6.46. The zero-order valence-corrected chi connectivity index (χ0v) is 10.9. The van der Waals surface area contributed by atoms with Crippen LogP contribution in [0, 0.1) is 0 Å². The van der Waals surface area contributed by atoms with Gasteiger partial charge in [-0.2, -0.15) is 13.2 Å². The van der Waals surface area contributed by atoms with Crippen molar-refractivity contribution in [2.75, 3.05) is 11.9 Å². The Hall–Kier alpha value is -1.61. The maximum Gasteiger partial charge on any atom is 0.471 e. The summed E-state index contributed by atoms with van der Waals surface area (Å²) in [5.74, 6) is -3.54. The maximum absolute atomic E-state index is 12.2. The van der Waals surface area contributed by atoms with E-state index >= 15 is 0 Å². The first kappa shape index (κ1) is 14.8. The van der Waals surface area contributed by atoms with Crippen LogP contribution in [0.3, 0.4) is 0 Å². The van der Waals surface area contributed by atoms with Gasteiger partial charge in [-0.15, -0.1) is 11.3 Å². The lowest BCUT2D eigenvalue weighted by atomic mass is 10.1. The number of thiophene rings is 1. The maximum atomic E-state index is 12.2. The second kappa shape index (κ2) is 5.41. The summed E-state index contributed by atoms with van der Waals surface area (Å²) < 4.78 is 41.9. The Morgan fingerprint density at radius 3 is 2.65 bits per heavy atom. The number of carbonyl (C=O) groups is 2. The summed E-state index contributed by atoms with van der Waals surface area (Å²) >= 11 is 0.810. The molecule has 0 fully saturated rings. The minimum absolute atomic E-state index is 0.141. The molecule has 0 spiro atoms. The van der Waals surface area contributed by atoms with E-state index in [1.807, 2.05) is 0 Å². The number of alkyl halides is 3. The van der Waals surface area contributed by atoms with Gasteiger partial charge in [-0.3, -0.25) is 4.79 Å². The van der Waals surface area contributed by atoms with Crippen LogP contribution in [0.1, 0.15) is 27.2 Å². The average molecular weight is 309 g/mol. The van der Waals surface area contributed by atoms with Gasteiger partial charge in [0.25, 0.3) is 0 Å². The van der Waals surface area contributed by atoms with Crippen LogP contribution in [0.15, 0.2) is 0 Å². The molecule has 9 heteroatoms. The van der Waals surface area contributed by atoms with E-state index in [0.717, 1.165) is 11.3 Å². The number of aromatic carboxylic acids is 1. The number of anilines is 1. The Balaban J connectivity index is 2.38. The highest BCUT2D eigenvalue weighted by atomic mass is 32.1. The van der Waals surface area contributed by atoms with Crippen molar-refractivity contribution >= 4 is 28.2 Å². The van der Waals surface area contributed by atoms with Gasteiger partial charge in [0.1, 0.15) is 5.00 Å². The van der Waals surface area contributed by atoms with Crippen molar-refractivity contribution in [1.29, 1.82) is 0 Å². The van der Waals surface area contributed by atoms with Crippen molar-refractivity contribution in [1.82, 2.24) is 0 Å². The van der Waals surface area contributed by atoms with E-state index < -0.39 is 18.1 Å². The van der Waals surface area contributed by atoms with Crippen molar-refractivity contribution < 1.29 is 32.6 Å². The molecule has 2 rings (SSSR count). The van der Waals surface area contributed by atoms with Gasteiger partial charge in [0.2, 0.25) is 0 Å². The van der Waals surface area contributed by atoms with Gasteiger partial charge in [-0.1, -0.05) is 0 Å². The molecule has 2 heterocycles. The first-order valence-electron chi connectivity index (χ1n) is 5.64. The Bertz CT molecular complexity index is 553. The molecular formula is C11H10F3NO4S. The Morgan fingerprint density at radius 1 is 1.35 bits per heavy atom. The molecule has 0 radical (unpaired) electrons. The summed E-state index contributed by atoms with van der Waals surface area (Å²) in [5.41, 5.74) is 0.172. The second-order valence-electron chi connectivity index (χ2n) is 4.12. The number of hydrogen-bond donors (Lipinski definition) is 2. The summed E-state index contributed by atoms with van der Waals surface area (Å²) in [5, 5.41) is 10.5. The van der Waals surface area contributed by atoms with E-state index in [1.54, 1.807) is 5.32 Å². The molecule has 20 heavy (non-hydrogen) atoms. The SMILES string of the molecule is O=C(O)c1c(NC(=O)C(F)(F)F)sc2c1CCCOC2. The molecule has 0 saturated heterocycles. The highest BCUT2D eigenvalue weighted by Crippen LogP contribution is 2.37. The van der Waals surface area contributed by atoms with Crippen LogP contribution in [0.2, 0.25) is 0 Å². The lowest BCUT2D eigenvalue weighted by molar-refractivity contribution is -0.167. The number of amides is 1. The zero-order valence-electron chi connectivity index (χ0n) is 10.0. The highest BCUT2D eigenvalue weighted by molar-refractivity contribution is 7.17. The molecule has 0 saturated carbocycles. The molecule has 1 aliphatic rings. The minimum Gasteiger partial charge on any atom is -0.478 e. The van der Waals surface area contributed by atoms with Crippen LogP contribution in [0.25, 0.3) is 0 Å². The Kier molecular flexibility index (Phi) is 4.00. The smallest absolute Gasteiger partial charge is 0.471 e. The van der Waals surface area contributed by atoms with Gasteiger partial charge in [-0.25, -0.2) is 4.79 Å². The van der Waals surface area contributed by atoms with Crippen molar-refractivity contribution in [3.8, 4) is 0 Å². The molecule has 2 N–H and O–H groups in total. The molecule has 0 bridgehead atoms. The topological polar surface area (TPSA) is 75.6 Å². The lowest BCUT2D eigenvalue weighted by Gasteiger charge is -2.07. The summed E-state index contributed by atoms with van der Waals surface area (Å²) in [4.78, 5) is 22.7. The largest absolute Gasteiger partial charge is 0.478 e. The van der Waals surface area contributed by atoms with Crippen molar-refractivity contribution in [2.45, 2.75) is 25.6 Å². The fourth-order valence-corrected chi connectivity index (χ4v) is 3.07. The van der Waals surface area contributed by atoms with E-state index in [0.29, 0.717) is 29.9 Å². The number of ether oxygens (including phenoxy) is 1. The lowest BCUT2D eigenvalue weighted by Crippen LogP contribution is -2.30. The summed E-state index contributed by atoms with van der Waals surface area (Å²) in [6.45, 7) is 0.604. The molecule has 0 aromatic carbocycles. The van der Waals surface area contributed by atoms with Crippen LogP contribution in [-0.4, -0.2) is 29.8 Å². The number of carboxylic acid groups (broad SMARTS) is 1. The monoisotopic (exact) mass is 309 g/mol. The predicted octanol–water partition coefficient (Wildman–Crippen LogP) is 2.41. The highest BCUT2D eigenvalue weighted by Gasteiger charge is 2.40. The molecule has 1 aliphatic heterocycles. The number of carbonyl (C=O) groups excluding carboxylic acids is 1. The van der Waals surface area contributed by atoms with E-state index in [-0.39, 0.29) is 17.2 Å². The number of hydrogen-bond acceptors (Lipinski definition) is 4. The molecule has 1 aromatic rings. The number of fused-ring (bicyclic) bond motifs is 1. The van der Waals surface area contributed by atoms with Gasteiger partial charge >= 0.3 is 18.1 Å². The van der Waals surface area contributed by atoms with Gasteiger partial charge in [-0.05, 0) is 18.4 Å². The normalized spacial score (nSPS) is 15.3. The van der Waals surface area contributed by atoms with Crippen LogP contribution in [-0.2, 0) is 22.6 Å². The van der Waals surface area contributed by atoms with Crippen molar-refractivity contribution in [3.63, 3.8) is 0 Å². The molecular weight excluding hydrogens is 299 g/mol. The van der Waals surface area contributed by atoms with Gasteiger partial charge in [0.15, 0.2) is 0 Å². The minimum atomic E-state index is -5.06. The molecule has 110 valence electrons. The van der Waals surface area contributed by atoms with Crippen molar-refractivity contribution in [2.24, 2.45) is 0 Å². The van der Waals surface area contributed by atoms with Gasteiger partial charge < -0.3 is 15.2 Å². The molecule has 0 unspecified atom stereocenters. The van der Waals surface area contributed by atoms with Crippen LogP contribution in [0.4, 0.5) is 18.2 Å². The molecule has 5 nitrogen and oxygen atoms in total. The average Bonchev–Trinajstić information content (AvgIpc) is 2.51. The second-order valence-corrected chi connectivity index (χ2v) is 5.23. The molecule has 1 amide bonds. The number of carboxylic acids is 1.